The van der Waals surface area contributed by atoms with Crippen LogP contribution in [0.5, 0.6) is 0 Å². The number of amides is 1. The van der Waals surface area contributed by atoms with Gasteiger partial charge in [0.2, 0.25) is 5.91 Å². The first-order valence-electron chi connectivity index (χ1n) is 9.19. The van der Waals surface area contributed by atoms with Gasteiger partial charge in [0.1, 0.15) is 5.82 Å². The third-order valence-corrected chi connectivity index (χ3v) is 6.90. The zero-order chi connectivity index (χ0) is 19.6. The first kappa shape index (κ1) is 20.2. The van der Waals surface area contributed by atoms with Crippen molar-refractivity contribution in [2.75, 3.05) is 39.3 Å². The molecule has 1 aromatic rings. The first-order valence-corrected chi connectivity index (χ1v) is 10.6. The third kappa shape index (κ3) is 4.66. The molecule has 0 N–H and O–H groups in total. The van der Waals surface area contributed by atoms with Gasteiger partial charge in [-0.1, -0.05) is 18.2 Å². The van der Waals surface area contributed by atoms with Crippen molar-refractivity contribution in [3.8, 4) is 0 Å². The van der Waals surface area contributed by atoms with E-state index in [1.54, 1.807) is 23.1 Å². The number of ether oxygens (including phenoxy) is 1. The topological polar surface area (TPSA) is 70.2 Å². The number of nitrogens with zero attached hydrogens (tertiary/aromatic N) is 3. The fourth-order valence-electron chi connectivity index (χ4n) is 3.57. The summed E-state index contributed by atoms with van der Waals surface area (Å²) in [5.74, 6) is -0.589. The number of carbonyl (C=O) groups excluding carboxylic acids is 1. The van der Waals surface area contributed by atoms with Crippen LogP contribution in [0.3, 0.4) is 0 Å². The molecule has 2 saturated heterocycles. The Morgan fingerprint density at radius 2 is 1.67 bits per heavy atom. The number of piperazine rings is 1. The molecular formula is C18H26FN3O4S. The summed E-state index contributed by atoms with van der Waals surface area (Å²) in [6.07, 6.45) is -0.308. The van der Waals surface area contributed by atoms with Crippen LogP contribution in [0.2, 0.25) is 0 Å². The third-order valence-electron chi connectivity index (χ3n) is 4.93. The predicted molar refractivity (Wildman–Crippen MR) is 98.8 cm³/mol. The average molecular weight is 399 g/mol. The summed E-state index contributed by atoms with van der Waals surface area (Å²) >= 11 is 0. The van der Waals surface area contributed by atoms with Gasteiger partial charge < -0.3 is 9.64 Å². The van der Waals surface area contributed by atoms with Crippen molar-refractivity contribution in [2.45, 2.75) is 32.5 Å². The van der Waals surface area contributed by atoms with Gasteiger partial charge in [0.15, 0.2) is 0 Å². The van der Waals surface area contributed by atoms with Crippen molar-refractivity contribution in [2.24, 2.45) is 0 Å². The van der Waals surface area contributed by atoms with Gasteiger partial charge in [-0.2, -0.15) is 17.0 Å². The second-order valence-corrected chi connectivity index (χ2v) is 9.06. The van der Waals surface area contributed by atoms with E-state index >= 15 is 0 Å². The number of hydrogen-bond acceptors (Lipinski definition) is 4. The van der Waals surface area contributed by atoms with E-state index in [1.165, 1.54) is 14.7 Å². The molecule has 1 aromatic carbocycles. The molecule has 0 aromatic heterocycles. The zero-order valence-electron chi connectivity index (χ0n) is 15.7. The van der Waals surface area contributed by atoms with E-state index in [0.29, 0.717) is 31.7 Å². The van der Waals surface area contributed by atoms with Crippen molar-refractivity contribution in [1.29, 1.82) is 0 Å². The molecule has 0 unspecified atom stereocenters. The molecule has 0 radical (unpaired) electrons. The average Bonchev–Trinajstić information content (AvgIpc) is 2.63. The monoisotopic (exact) mass is 399 g/mol. The highest BCUT2D eigenvalue weighted by molar-refractivity contribution is 7.86. The molecule has 2 aliphatic heterocycles. The van der Waals surface area contributed by atoms with Crippen molar-refractivity contribution in [1.82, 2.24) is 13.5 Å². The molecule has 0 aliphatic carbocycles. The molecule has 0 bridgehead atoms. The number of rotatable bonds is 4. The summed E-state index contributed by atoms with van der Waals surface area (Å²) in [7, 11) is -3.58. The Bertz CT molecular complexity index is 771. The molecule has 0 saturated carbocycles. The Morgan fingerprint density at radius 1 is 1.07 bits per heavy atom. The van der Waals surface area contributed by atoms with Gasteiger partial charge in [-0.25, -0.2) is 4.39 Å². The lowest BCUT2D eigenvalue weighted by Gasteiger charge is -2.40. The summed E-state index contributed by atoms with van der Waals surface area (Å²) in [6, 6.07) is 6.20. The Kier molecular flexibility index (Phi) is 6.15. The van der Waals surface area contributed by atoms with E-state index in [-0.39, 0.29) is 37.6 Å². The Morgan fingerprint density at radius 3 is 2.26 bits per heavy atom. The van der Waals surface area contributed by atoms with Crippen LogP contribution in [0.15, 0.2) is 24.3 Å². The lowest BCUT2D eigenvalue weighted by molar-refractivity contribution is -0.131. The molecule has 2 aliphatic rings. The zero-order valence-corrected chi connectivity index (χ0v) is 16.5. The van der Waals surface area contributed by atoms with Crippen LogP contribution < -0.4 is 0 Å². The van der Waals surface area contributed by atoms with E-state index in [0.717, 1.165) is 0 Å². The Labute approximate surface area is 159 Å². The highest BCUT2D eigenvalue weighted by Gasteiger charge is 2.37. The maximum Gasteiger partial charge on any atom is 0.282 e. The van der Waals surface area contributed by atoms with Gasteiger partial charge in [0, 0.05) is 39.3 Å². The van der Waals surface area contributed by atoms with Gasteiger partial charge in [-0.15, -0.1) is 0 Å². The molecule has 3 rings (SSSR count). The van der Waals surface area contributed by atoms with Gasteiger partial charge >= 0.3 is 0 Å². The minimum Gasteiger partial charge on any atom is -0.373 e. The highest BCUT2D eigenvalue weighted by Crippen LogP contribution is 2.19. The van der Waals surface area contributed by atoms with Gasteiger partial charge in [-0.05, 0) is 25.5 Å². The van der Waals surface area contributed by atoms with Crippen LogP contribution in [0.4, 0.5) is 4.39 Å². The minimum absolute atomic E-state index is 0.0160. The first-order chi connectivity index (χ1) is 12.8. The van der Waals surface area contributed by atoms with E-state index in [1.807, 2.05) is 13.8 Å². The van der Waals surface area contributed by atoms with Crippen LogP contribution in [-0.4, -0.2) is 79.3 Å². The van der Waals surface area contributed by atoms with Gasteiger partial charge in [-0.3, -0.25) is 4.79 Å². The number of morpholine rings is 1. The fraction of sp³-hybridized carbons (Fsp3) is 0.611. The normalized spacial score (nSPS) is 25.5. The van der Waals surface area contributed by atoms with Crippen molar-refractivity contribution in [3.05, 3.63) is 35.6 Å². The molecule has 7 nitrogen and oxygen atoms in total. The lowest BCUT2D eigenvalue weighted by atomic mass is 10.1. The SMILES string of the molecule is C[C@@H]1CN(S(=O)(=O)N2CCN(C(=O)Cc3ccccc3F)CC2)C[C@H](C)O1. The van der Waals surface area contributed by atoms with Crippen molar-refractivity contribution in [3.63, 3.8) is 0 Å². The molecule has 1 amide bonds. The molecular weight excluding hydrogens is 373 g/mol. The lowest BCUT2D eigenvalue weighted by Crippen LogP contribution is -2.57. The number of hydrogen-bond donors (Lipinski definition) is 0. The second kappa shape index (κ2) is 8.22. The van der Waals surface area contributed by atoms with Gasteiger partial charge in [0.25, 0.3) is 10.2 Å². The summed E-state index contributed by atoms with van der Waals surface area (Å²) in [5.41, 5.74) is 0.355. The van der Waals surface area contributed by atoms with E-state index in [4.69, 9.17) is 4.74 Å². The maximum absolute atomic E-state index is 13.7. The summed E-state index contributed by atoms with van der Waals surface area (Å²) < 4.78 is 48.0. The van der Waals surface area contributed by atoms with E-state index < -0.39 is 16.0 Å². The summed E-state index contributed by atoms with van der Waals surface area (Å²) in [6.45, 7) is 5.48. The molecule has 2 atom stereocenters. The summed E-state index contributed by atoms with van der Waals surface area (Å²) in [5, 5.41) is 0. The number of benzene rings is 1. The molecule has 2 fully saturated rings. The number of halogens is 1. The molecule has 0 spiro atoms. The van der Waals surface area contributed by atoms with Crippen LogP contribution >= 0.6 is 0 Å². The smallest absolute Gasteiger partial charge is 0.282 e. The standard InChI is InChI=1S/C18H26FN3O4S/c1-14-12-22(13-15(2)26-14)27(24,25)21-9-7-20(8-10-21)18(23)11-16-5-3-4-6-17(16)19/h3-6,14-15H,7-13H2,1-2H3/t14-,15+. The van der Waals surface area contributed by atoms with Crippen LogP contribution in [-0.2, 0) is 26.2 Å². The van der Waals surface area contributed by atoms with Crippen LogP contribution in [0.1, 0.15) is 19.4 Å². The Hall–Kier alpha value is -1.55. The minimum atomic E-state index is -3.58. The molecule has 27 heavy (non-hydrogen) atoms. The summed E-state index contributed by atoms with van der Waals surface area (Å²) in [4.78, 5) is 14.0. The molecule has 9 heteroatoms. The maximum atomic E-state index is 13.7. The largest absolute Gasteiger partial charge is 0.373 e. The fourth-order valence-corrected chi connectivity index (χ4v) is 5.32. The number of carbonyl (C=O) groups is 1. The van der Waals surface area contributed by atoms with Crippen molar-refractivity contribution < 1.29 is 22.3 Å². The van der Waals surface area contributed by atoms with E-state index in [2.05, 4.69) is 0 Å². The molecule has 150 valence electrons. The van der Waals surface area contributed by atoms with Crippen molar-refractivity contribution >= 4 is 16.1 Å². The highest BCUT2D eigenvalue weighted by atomic mass is 32.2. The predicted octanol–water partition coefficient (Wildman–Crippen LogP) is 0.866. The quantitative estimate of drug-likeness (QED) is 0.753. The second-order valence-electron chi connectivity index (χ2n) is 7.13. The van der Waals surface area contributed by atoms with Crippen LogP contribution in [0, 0.1) is 5.82 Å². The Balaban J connectivity index is 1.58. The molecule has 2 heterocycles. The van der Waals surface area contributed by atoms with E-state index in [9.17, 15) is 17.6 Å². The van der Waals surface area contributed by atoms with Crippen LogP contribution in [0.25, 0.3) is 0 Å². The van der Waals surface area contributed by atoms with Gasteiger partial charge in [0.05, 0.1) is 18.6 Å².